The number of ether oxygens (including phenoxy) is 4. The van der Waals surface area contributed by atoms with Crippen LogP contribution in [0.1, 0.15) is 18.4 Å². The lowest BCUT2D eigenvalue weighted by Crippen LogP contribution is -2.28. The molecule has 148 valence electrons. The second kappa shape index (κ2) is 9.20. The number of nitrogens with one attached hydrogen (secondary N) is 2. The van der Waals surface area contributed by atoms with E-state index in [-0.39, 0.29) is 0 Å². The summed E-state index contributed by atoms with van der Waals surface area (Å²) in [6.07, 6.45) is 1.85. The lowest BCUT2D eigenvalue weighted by Gasteiger charge is -2.25. The average Bonchev–Trinajstić information content (AvgIpc) is 2.74. The first-order valence-corrected chi connectivity index (χ1v) is 9.14. The van der Waals surface area contributed by atoms with Crippen LogP contribution < -0.4 is 24.8 Å². The molecule has 0 unspecified atom stereocenters. The van der Waals surface area contributed by atoms with Gasteiger partial charge in [-0.05, 0) is 31.0 Å². The smallest absolute Gasteiger partial charge is 0.203 e. The fourth-order valence-corrected chi connectivity index (χ4v) is 3.22. The number of hydrogen-bond acceptors (Lipinski definition) is 7. The largest absolute Gasteiger partial charge is 0.493 e. The van der Waals surface area contributed by atoms with Crippen molar-refractivity contribution < 1.29 is 18.9 Å². The second-order valence-corrected chi connectivity index (χ2v) is 6.44. The zero-order valence-corrected chi connectivity index (χ0v) is 16.4. The van der Waals surface area contributed by atoms with Gasteiger partial charge < -0.3 is 29.6 Å². The Morgan fingerprint density at radius 1 is 0.964 bits per heavy atom. The maximum absolute atomic E-state index is 9.44. The van der Waals surface area contributed by atoms with Gasteiger partial charge in [0.1, 0.15) is 6.07 Å². The second-order valence-electron chi connectivity index (χ2n) is 6.44. The lowest BCUT2D eigenvalue weighted by molar-refractivity contribution is 0.0904. The zero-order valence-electron chi connectivity index (χ0n) is 16.4. The third-order valence-electron chi connectivity index (χ3n) is 4.67. The van der Waals surface area contributed by atoms with Gasteiger partial charge in [0.15, 0.2) is 11.5 Å². The molecule has 7 nitrogen and oxygen atoms in total. The molecule has 2 aromatic rings. The van der Waals surface area contributed by atoms with Crippen molar-refractivity contribution in [3.05, 3.63) is 35.9 Å². The van der Waals surface area contributed by atoms with Crippen LogP contribution in [0.15, 0.2) is 30.3 Å². The van der Waals surface area contributed by atoms with E-state index >= 15 is 0 Å². The maximum atomic E-state index is 9.44. The summed E-state index contributed by atoms with van der Waals surface area (Å²) in [6, 6.07) is 11.9. The van der Waals surface area contributed by atoms with Crippen LogP contribution in [0.4, 0.5) is 17.1 Å². The van der Waals surface area contributed by atoms with Crippen molar-refractivity contribution in [2.24, 2.45) is 0 Å². The van der Waals surface area contributed by atoms with Crippen LogP contribution in [-0.2, 0) is 4.74 Å². The third-order valence-corrected chi connectivity index (χ3v) is 4.67. The molecule has 1 aliphatic heterocycles. The Kier molecular flexibility index (Phi) is 6.45. The van der Waals surface area contributed by atoms with Gasteiger partial charge in [-0.15, -0.1) is 0 Å². The molecule has 0 amide bonds. The summed E-state index contributed by atoms with van der Waals surface area (Å²) in [5.74, 6) is 1.68. The molecule has 1 saturated heterocycles. The predicted molar refractivity (Wildman–Crippen MR) is 108 cm³/mol. The molecule has 3 rings (SSSR count). The van der Waals surface area contributed by atoms with Crippen LogP contribution in [0.25, 0.3) is 0 Å². The minimum Gasteiger partial charge on any atom is -0.493 e. The number of methoxy groups -OCH3 is 3. The number of anilines is 3. The van der Waals surface area contributed by atoms with Crippen molar-refractivity contribution >= 4 is 17.1 Å². The van der Waals surface area contributed by atoms with Crippen LogP contribution in [0.2, 0.25) is 0 Å². The predicted octanol–water partition coefficient (Wildman–Crippen LogP) is 3.92. The zero-order chi connectivity index (χ0) is 19.9. The summed E-state index contributed by atoms with van der Waals surface area (Å²) in [7, 11) is 4.74. The quantitative estimate of drug-likeness (QED) is 0.749. The molecule has 0 aromatic heterocycles. The van der Waals surface area contributed by atoms with E-state index in [2.05, 4.69) is 16.7 Å². The summed E-state index contributed by atoms with van der Waals surface area (Å²) >= 11 is 0. The number of nitrogens with zero attached hydrogens (tertiary/aromatic N) is 1. The molecule has 0 radical (unpaired) electrons. The number of nitriles is 1. The summed E-state index contributed by atoms with van der Waals surface area (Å²) in [5, 5.41) is 16.3. The van der Waals surface area contributed by atoms with E-state index in [1.54, 1.807) is 21.3 Å². The molecule has 0 aliphatic carbocycles. The van der Waals surface area contributed by atoms with Gasteiger partial charge in [-0.25, -0.2) is 0 Å². The molecule has 28 heavy (non-hydrogen) atoms. The van der Waals surface area contributed by atoms with E-state index in [9.17, 15) is 5.26 Å². The first-order chi connectivity index (χ1) is 13.7. The summed E-state index contributed by atoms with van der Waals surface area (Å²) in [6.45, 7) is 1.48. The fraction of sp³-hybridized carbons (Fsp3) is 0.381. The highest BCUT2D eigenvalue weighted by Crippen LogP contribution is 2.40. The van der Waals surface area contributed by atoms with Gasteiger partial charge in [0.05, 0.1) is 32.6 Å². The number of hydrogen-bond donors (Lipinski definition) is 2. The third kappa shape index (κ3) is 4.41. The molecule has 1 aliphatic rings. The highest BCUT2D eigenvalue weighted by molar-refractivity contribution is 5.72. The first kappa shape index (κ1) is 19.6. The van der Waals surface area contributed by atoms with E-state index in [4.69, 9.17) is 18.9 Å². The van der Waals surface area contributed by atoms with Crippen LogP contribution in [0, 0.1) is 11.3 Å². The van der Waals surface area contributed by atoms with Crippen molar-refractivity contribution in [3.63, 3.8) is 0 Å². The Labute approximate surface area is 165 Å². The molecule has 0 atom stereocenters. The molecule has 2 N–H and O–H groups in total. The number of benzene rings is 2. The van der Waals surface area contributed by atoms with Crippen molar-refractivity contribution in [3.8, 4) is 23.3 Å². The van der Waals surface area contributed by atoms with E-state index in [1.807, 2.05) is 30.3 Å². The van der Waals surface area contributed by atoms with E-state index in [0.29, 0.717) is 28.9 Å². The van der Waals surface area contributed by atoms with Crippen LogP contribution in [0.3, 0.4) is 0 Å². The van der Waals surface area contributed by atoms with Crippen LogP contribution in [-0.4, -0.2) is 40.6 Å². The molecule has 0 saturated carbocycles. The van der Waals surface area contributed by atoms with Crippen LogP contribution in [0.5, 0.6) is 17.2 Å². The topological polar surface area (TPSA) is 84.8 Å². The van der Waals surface area contributed by atoms with Gasteiger partial charge in [-0.1, -0.05) is 0 Å². The highest BCUT2D eigenvalue weighted by Gasteiger charge is 2.16. The van der Waals surface area contributed by atoms with E-state index < -0.39 is 0 Å². The standard InChI is InChI=1S/C21H25N3O4/c1-25-19-11-17(12-20(26-2)21(19)27-3)23-16-5-4-14(13-22)18(10-16)24-15-6-8-28-9-7-15/h4-5,10-12,15,23-24H,6-9H2,1-3H3. The Bertz CT molecular complexity index is 832. The molecular formula is C21H25N3O4. The van der Waals surface area contributed by atoms with E-state index in [0.717, 1.165) is 43.1 Å². The minimum absolute atomic E-state index is 0.303. The Balaban J connectivity index is 1.86. The lowest BCUT2D eigenvalue weighted by atomic mass is 10.1. The van der Waals surface area contributed by atoms with Gasteiger partial charge in [0.2, 0.25) is 5.75 Å². The van der Waals surface area contributed by atoms with Crippen molar-refractivity contribution in [1.82, 2.24) is 0 Å². The molecule has 0 spiro atoms. The van der Waals surface area contributed by atoms with Gasteiger partial charge >= 0.3 is 0 Å². The molecular weight excluding hydrogens is 358 g/mol. The van der Waals surface area contributed by atoms with Gasteiger partial charge in [0, 0.05) is 42.8 Å². The molecule has 1 heterocycles. The van der Waals surface area contributed by atoms with Gasteiger partial charge in [-0.2, -0.15) is 5.26 Å². The number of rotatable bonds is 7. The Hall–Kier alpha value is -3.11. The van der Waals surface area contributed by atoms with E-state index in [1.165, 1.54) is 0 Å². The van der Waals surface area contributed by atoms with Gasteiger partial charge in [0.25, 0.3) is 0 Å². The van der Waals surface area contributed by atoms with Crippen LogP contribution >= 0.6 is 0 Å². The van der Waals surface area contributed by atoms with Crippen molar-refractivity contribution in [2.45, 2.75) is 18.9 Å². The van der Waals surface area contributed by atoms with Crippen molar-refractivity contribution in [2.75, 3.05) is 45.2 Å². The Morgan fingerprint density at radius 3 is 2.21 bits per heavy atom. The van der Waals surface area contributed by atoms with Gasteiger partial charge in [-0.3, -0.25) is 0 Å². The highest BCUT2D eigenvalue weighted by atomic mass is 16.5. The monoisotopic (exact) mass is 383 g/mol. The summed E-state index contributed by atoms with van der Waals surface area (Å²) in [4.78, 5) is 0. The maximum Gasteiger partial charge on any atom is 0.203 e. The fourth-order valence-electron chi connectivity index (χ4n) is 3.22. The SMILES string of the molecule is COc1cc(Nc2ccc(C#N)c(NC3CCOCC3)c2)cc(OC)c1OC. The molecule has 0 bridgehead atoms. The molecule has 2 aromatic carbocycles. The molecule has 1 fully saturated rings. The van der Waals surface area contributed by atoms with Crippen molar-refractivity contribution in [1.29, 1.82) is 5.26 Å². The first-order valence-electron chi connectivity index (χ1n) is 9.14. The molecule has 7 heteroatoms. The normalized spacial score (nSPS) is 14.1. The average molecular weight is 383 g/mol. The minimum atomic E-state index is 0.303. The Morgan fingerprint density at radius 2 is 1.64 bits per heavy atom. The summed E-state index contributed by atoms with van der Waals surface area (Å²) < 4.78 is 21.6. The summed E-state index contributed by atoms with van der Waals surface area (Å²) in [5.41, 5.74) is 3.06.